The van der Waals surface area contributed by atoms with Gasteiger partial charge in [-0.1, -0.05) is 36.4 Å². The molecule has 1 atom stereocenters. The molecule has 1 saturated heterocycles. The van der Waals surface area contributed by atoms with Gasteiger partial charge in [-0.15, -0.1) is 0 Å². The molecular formula is C19H23N3O3. The highest BCUT2D eigenvalue weighted by Gasteiger charge is 2.15. The minimum atomic E-state index is -0.441. The highest BCUT2D eigenvalue weighted by atomic mass is 16.5. The molecule has 0 radical (unpaired) electrons. The number of morpholine rings is 1. The smallest absolute Gasteiger partial charge is 0.319 e. The summed E-state index contributed by atoms with van der Waals surface area (Å²) in [4.78, 5) is 14.5. The monoisotopic (exact) mass is 341 g/mol. The van der Waals surface area contributed by atoms with Crippen LogP contribution in [-0.4, -0.2) is 44.0 Å². The van der Waals surface area contributed by atoms with E-state index in [-0.39, 0.29) is 12.6 Å². The van der Waals surface area contributed by atoms with Gasteiger partial charge in [-0.2, -0.15) is 0 Å². The summed E-state index contributed by atoms with van der Waals surface area (Å²) in [5, 5.41) is 15.2. The summed E-state index contributed by atoms with van der Waals surface area (Å²) in [7, 11) is 0. The number of aliphatic hydroxyl groups is 1. The van der Waals surface area contributed by atoms with E-state index in [0.717, 1.165) is 24.3 Å². The van der Waals surface area contributed by atoms with Crippen LogP contribution in [0.2, 0.25) is 0 Å². The van der Waals surface area contributed by atoms with E-state index in [2.05, 4.69) is 15.5 Å². The topological polar surface area (TPSA) is 73.8 Å². The van der Waals surface area contributed by atoms with E-state index in [9.17, 15) is 9.90 Å². The fourth-order valence-corrected chi connectivity index (χ4v) is 2.85. The maximum Gasteiger partial charge on any atom is 0.319 e. The molecule has 6 heteroatoms. The Morgan fingerprint density at radius 3 is 2.60 bits per heavy atom. The minimum Gasteiger partial charge on any atom is -0.394 e. The molecule has 1 aliphatic rings. The highest BCUT2D eigenvalue weighted by Crippen LogP contribution is 2.20. The van der Waals surface area contributed by atoms with Gasteiger partial charge in [-0.3, -0.25) is 0 Å². The maximum atomic E-state index is 12.3. The van der Waals surface area contributed by atoms with Gasteiger partial charge in [0.05, 0.1) is 25.9 Å². The van der Waals surface area contributed by atoms with Crippen molar-refractivity contribution in [3.63, 3.8) is 0 Å². The number of nitrogens with zero attached hydrogens (tertiary/aromatic N) is 1. The first-order chi connectivity index (χ1) is 12.3. The van der Waals surface area contributed by atoms with Crippen LogP contribution >= 0.6 is 0 Å². The van der Waals surface area contributed by atoms with Gasteiger partial charge in [-0.05, 0) is 23.8 Å². The molecule has 1 fully saturated rings. The largest absolute Gasteiger partial charge is 0.394 e. The van der Waals surface area contributed by atoms with Gasteiger partial charge < -0.3 is 25.4 Å². The Morgan fingerprint density at radius 2 is 1.88 bits per heavy atom. The molecule has 2 amide bonds. The van der Waals surface area contributed by atoms with Crippen LogP contribution < -0.4 is 15.5 Å². The number of aliphatic hydroxyl groups excluding tert-OH is 1. The van der Waals surface area contributed by atoms with Crippen molar-refractivity contribution in [2.24, 2.45) is 0 Å². The average Bonchev–Trinajstić information content (AvgIpc) is 2.68. The van der Waals surface area contributed by atoms with Gasteiger partial charge in [-0.25, -0.2) is 4.79 Å². The lowest BCUT2D eigenvalue weighted by molar-refractivity contribution is 0.122. The summed E-state index contributed by atoms with van der Waals surface area (Å²) in [5.41, 5.74) is 2.64. The fourth-order valence-electron chi connectivity index (χ4n) is 2.85. The number of urea groups is 1. The van der Waals surface area contributed by atoms with Crippen LogP contribution in [0.1, 0.15) is 11.6 Å². The van der Waals surface area contributed by atoms with Gasteiger partial charge in [0.15, 0.2) is 0 Å². The number of amides is 2. The third kappa shape index (κ3) is 4.71. The van der Waals surface area contributed by atoms with Gasteiger partial charge in [0.25, 0.3) is 0 Å². The molecule has 2 aromatic rings. The maximum absolute atomic E-state index is 12.3. The predicted molar refractivity (Wildman–Crippen MR) is 97.9 cm³/mol. The van der Waals surface area contributed by atoms with Crippen molar-refractivity contribution in [3.05, 3.63) is 60.2 Å². The zero-order valence-electron chi connectivity index (χ0n) is 14.0. The number of carbonyl (C=O) groups is 1. The Kier molecular flexibility index (Phi) is 5.87. The molecule has 6 nitrogen and oxygen atoms in total. The minimum absolute atomic E-state index is 0.161. The average molecular weight is 341 g/mol. The molecule has 0 bridgehead atoms. The highest BCUT2D eigenvalue weighted by molar-refractivity contribution is 5.90. The molecule has 3 N–H and O–H groups in total. The first-order valence-corrected chi connectivity index (χ1v) is 8.42. The van der Waals surface area contributed by atoms with E-state index in [1.807, 2.05) is 54.6 Å². The molecule has 0 spiro atoms. The Balaban J connectivity index is 1.62. The lowest BCUT2D eigenvalue weighted by Gasteiger charge is -2.29. The molecular weight excluding hydrogens is 318 g/mol. The standard InChI is InChI=1S/C19H23N3O3/c23-14-18(15-5-2-1-3-6-15)21-19(24)20-16-7-4-8-17(13-16)22-9-11-25-12-10-22/h1-8,13,18,23H,9-12,14H2,(H2,20,21,24)/t18-/m1/s1. The second kappa shape index (κ2) is 8.50. The normalized spacial score (nSPS) is 15.5. The Hall–Kier alpha value is -2.57. The summed E-state index contributed by atoms with van der Waals surface area (Å²) in [6.07, 6.45) is 0. The summed E-state index contributed by atoms with van der Waals surface area (Å²) < 4.78 is 5.37. The lowest BCUT2D eigenvalue weighted by atomic mass is 10.1. The number of benzene rings is 2. The molecule has 1 heterocycles. The predicted octanol–water partition coefficient (Wildman–Crippen LogP) is 2.38. The number of anilines is 2. The van der Waals surface area contributed by atoms with Crippen LogP contribution in [0.5, 0.6) is 0 Å². The zero-order chi connectivity index (χ0) is 17.5. The summed E-state index contributed by atoms with van der Waals surface area (Å²) in [5.74, 6) is 0. The molecule has 0 saturated carbocycles. The van der Waals surface area contributed by atoms with Crippen LogP contribution in [0.25, 0.3) is 0 Å². The summed E-state index contributed by atoms with van der Waals surface area (Å²) >= 11 is 0. The number of carbonyl (C=O) groups excluding carboxylic acids is 1. The van der Waals surface area contributed by atoms with Crippen LogP contribution in [0, 0.1) is 0 Å². The number of nitrogens with one attached hydrogen (secondary N) is 2. The first-order valence-electron chi connectivity index (χ1n) is 8.42. The van der Waals surface area contributed by atoms with E-state index < -0.39 is 6.04 Å². The van der Waals surface area contributed by atoms with Crippen LogP contribution in [-0.2, 0) is 4.74 Å². The second-order valence-corrected chi connectivity index (χ2v) is 5.89. The van der Waals surface area contributed by atoms with E-state index >= 15 is 0 Å². The second-order valence-electron chi connectivity index (χ2n) is 5.89. The lowest BCUT2D eigenvalue weighted by Crippen LogP contribution is -2.36. The molecule has 1 aliphatic heterocycles. The molecule has 0 aliphatic carbocycles. The van der Waals surface area contributed by atoms with E-state index in [4.69, 9.17) is 4.74 Å². The van der Waals surface area contributed by atoms with E-state index in [1.54, 1.807) is 0 Å². The summed E-state index contributed by atoms with van der Waals surface area (Å²) in [6.45, 7) is 2.96. The Morgan fingerprint density at radius 1 is 1.12 bits per heavy atom. The van der Waals surface area contributed by atoms with Gasteiger partial charge in [0.2, 0.25) is 0 Å². The quantitative estimate of drug-likeness (QED) is 0.781. The van der Waals surface area contributed by atoms with E-state index in [1.165, 1.54) is 0 Å². The van der Waals surface area contributed by atoms with Gasteiger partial charge in [0, 0.05) is 24.5 Å². The van der Waals surface area contributed by atoms with Crippen molar-refractivity contribution < 1.29 is 14.6 Å². The third-order valence-electron chi connectivity index (χ3n) is 4.17. The van der Waals surface area contributed by atoms with Crippen molar-refractivity contribution in [2.45, 2.75) is 6.04 Å². The molecule has 0 aromatic heterocycles. The van der Waals surface area contributed by atoms with Crippen molar-refractivity contribution in [1.82, 2.24) is 5.32 Å². The number of hydrogen-bond acceptors (Lipinski definition) is 4. The molecule has 3 rings (SSSR count). The van der Waals surface area contributed by atoms with Crippen LogP contribution in [0.15, 0.2) is 54.6 Å². The first kappa shape index (κ1) is 17.3. The fraction of sp³-hybridized carbons (Fsp3) is 0.316. The molecule has 0 unspecified atom stereocenters. The summed E-state index contributed by atoms with van der Waals surface area (Å²) in [6, 6.07) is 16.4. The van der Waals surface area contributed by atoms with Crippen molar-refractivity contribution in [1.29, 1.82) is 0 Å². The SMILES string of the molecule is O=C(Nc1cccc(N2CCOCC2)c1)N[C@H](CO)c1ccccc1. The van der Waals surface area contributed by atoms with Crippen molar-refractivity contribution in [3.8, 4) is 0 Å². The number of ether oxygens (including phenoxy) is 1. The van der Waals surface area contributed by atoms with E-state index in [0.29, 0.717) is 18.9 Å². The van der Waals surface area contributed by atoms with Crippen LogP contribution in [0.3, 0.4) is 0 Å². The third-order valence-corrected chi connectivity index (χ3v) is 4.17. The Labute approximate surface area is 147 Å². The Bertz CT molecular complexity index is 687. The molecule has 132 valence electrons. The molecule has 25 heavy (non-hydrogen) atoms. The van der Waals surface area contributed by atoms with Crippen molar-refractivity contribution in [2.75, 3.05) is 43.1 Å². The molecule has 2 aromatic carbocycles. The van der Waals surface area contributed by atoms with Gasteiger partial charge in [0.1, 0.15) is 0 Å². The van der Waals surface area contributed by atoms with Crippen LogP contribution in [0.4, 0.5) is 16.2 Å². The number of rotatable bonds is 5. The van der Waals surface area contributed by atoms with Crippen molar-refractivity contribution >= 4 is 17.4 Å². The zero-order valence-corrected chi connectivity index (χ0v) is 14.0. The number of hydrogen-bond donors (Lipinski definition) is 3. The van der Waals surface area contributed by atoms with Gasteiger partial charge >= 0.3 is 6.03 Å².